The Morgan fingerprint density at radius 3 is 2.49 bits per heavy atom. The van der Waals surface area contributed by atoms with Crippen LogP contribution < -0.4 is 10.2 Å². The Bertz CT molecular complexity index is 1350. The highest BCUT2D eigenvalue weighted by Gasteiger charge is 2.52. The van der Waals surface area contributed by atoms with E-state index in [0.29, 0.717) is 30.6 Å². The van der Waals surface area contributed by atoms with E-state index in [2.05, 4.69) is 20.4 Å². The normalized spacial score (nSPS) is 23.3. The van der Waals surface area contributed by atoms with Crippen LogP contribution >= 0.6 is 0 Å². The van der Waals surface area contributed by atoms with Crippen LogP contribution in [0.4, 0.5) is 13.2 Å². The van der Waals surface area contributed by atoms with E-state index in [4.69, 9.17) is 9.57 Å². The molecule has 11 heteroatoms. The highest BCUT2D eigenvalue weighted by molar-refractivity contribution is 5.77. The number of nitrogens with one attached hydrogen (secondary N) is 1. The smallest absolute Gasteiger partial charge is 0.460 e. The van der Waals surface area contributed by atoms with E-state index in [9.17, 15) is 18.0 Å². The summed E-state index contributed by atoms with van der Waals surface area (Å²) in [6.45, 7) is 5.45. The fraction of sp³-hybridized carbons (Fsp3) is 0.393. The van der Waals surface area contributed by atoms with Crippen LogP contribution in [0.25, 0.3) is 11.4 Å². The van der Waals surface area contributed by atoms with Gasteiger partial charge in [0, 0.05) is 17.2 Å². The highest BCUT2D eigenvalue weighted by Crippen LogP contribution is 2.51. The quantitative estimate of drug-likeness (QED) is 0.414. The van der Waals surface area contributed by atoms with Crippen molar-refractivity contribution in [2.45, 2.75) is 63.5 Å². The maximum atomic E-state index is 13.4. The second-order valence-electron chi connectivity index (χ2n) is 10.7. The minimum absolute atomic E-state index is 0.140. The molecule has 0 saturated heterocycles. The lowest BCUT2D eigenvalue weighted by atomic mass is 9.65. The standard InChI is InChI=1S/C28H29F3N4O4/c1-26(2,3)38-25(36)20-10-7-13-27(24(20)18-8-5-4-6-9-18)15-22(34-39-27)21-14-19(35-16-32-33-17-35)11-12-23(21)37-28(29,30)31/h4-6,8-9,11-12,14-17,20,24,34H,7,10,13H2,1-3H3/t20?,24-,27+/m1/s1. The van der Waals surface area contributed by atoms with Crippen LogP contribution in [0.15, 0.2) is 67.3 Å². The molecule has 2 aromatic carbocycles. The van der Waals surface area contributed by atoms with Crippen molar-refractivity contribution in [2.24, 2.45) is 5.92 Å². The molecule has 1 N–H and O–H groups in total. The van der Waals surface area contributed by atoms with Gasteiger partial charge in [0.15, 0.2) is 0 Å². The zero-order valence-corrected chi connectivity index (χ0v) is 21.7. The zero-order valence-electron chi connectivity index (χ0n) is 21.7. The van der Waals surface area contributed by atoms with E-state index < -0.39 is 35.1 Å². The first-order valence-electron chi connectivity index (χ1n) is 12.6. The van der Waals surface area contributed by atoms with Gasteiger partial charge in [0.1, 0.15) is 29.6 Å². The molecular weight excluding hydrogens is 513 g/mol. The summed E-state index contributed by atoms with van der Waals surface area (Å²) in [5.74, 6) is -1.70. The molecule has 2 heterocycles. The largest absolute Gasteiger partial charge is 0.573 e. The van der Waals surface area contributed by atoms with Crippen molar-refractivity contribution in [3.05, 3.63) is 78.4 Å². The minimum atomic E-state index is -4.90. The number of rotatable bonds is 5. The van der Waals surface area contributed by atoms with Crippen molar-refractivity contribution in [1.82, 2.24) is 20.2 Å². The summed E-state index contributed by atoms with van der Waals surface area (Å²) in [6, 6.07) is 13.8. The van der Waals surface area contributed by atoms with E-state index >= 15 is 0 Å². The summed E-state index contributed by atoms with van der Waals surface area (Å²) >= 11 is 0. The Balaban J connectivity index is 1.60. The fourth-order valence-corrected chi connectivity index (χ4v) is 5.37. The number of carbonyl (C=O) groups excluding carboxylic acids is 1. The average Bonchev–Trinajstić information content (AvgIpc) is 3.54. The third-order valence-electron chi connectivity index (χ3n) is 6.82. The van der Waals surface area contributed by atoms with Crippen LogP contribution in [0, 0.1) is 5.92 Å². The van der Waals surface area contributed by atoms with E-state index in [1.54, 1.807) is 10.6 Å². The molecule has 1 aliphatic carbocycles. The predicted molar refractivity (Wildman–Crippen MR) is 135 cm³/mol. The summed E-state index contributed by atoms with van der Waals surface area (Å²) < 4.78 is 51.7. The molecule has 5 rings (SSSR count). The molecule has 3 aromatic rings. The number of nitrogens with zero attached hydrogens (tertiary/aromatic N) is 3. The maximum absolute atomic E-state index is 13.4. The first kappa shape index (κ1) is 26.7. The van der Waals surface area contributed by atoms with E-state index in [1.807, 2.05) is 51.1 Å². The number of hydrogen-bond acceptors (Lipinski definition) is 7. The number of benzene rings is 2. The van der Waals surface area contributed by atoms with Crippen molar-refractivity contribution < 1.29 is 32.3 Å². The average molecular weight is 543 g/mol. The Hall–Kier alpha value is -3.86. The number of esters is 1. The van der Waals surface area contributed by atoms with Gasteiger partial charge in [-0.15, -0.1) is 23.4 Å². The number of halogens is 3. The monoisotopic (exact) mass is 542 g/mol. The van der Waals surface area contributed by atoms with E-state index in [-0.39, 0.29) is 11.5 Å². The van der Waals surface area contributed by atoms with Crippen LogP contribution in [0.2, 0.25) is 0 Å². The van der Waals surface area contributed by atoms with Crippen LogP contribution in [0.1, 0.15) is 57.1 Å². The van der Waals surface area contributed by atoms with Gasteiger partial charge in [-0.3, -0.25) is 19.7 Å². The molecular formula is C28H29F3N4O4. The van der Waals surface area contributed by atoms with Crippen molar-refractivity contribution in [1.29, 1.82) is 0 Å². The van der Waals surface area contributed by atoms with Crippen molar-refractivity contribution in [3.63, 3.8) is 0 Å². The Morgan fingerprint density at radius 1 is 1.10 bits per heavy atom. The lowest BCUT2D eigenvalue weighted by Gasteiger charge is -2.43. The third kappa shape index (κ3) is 5.78. The van der Waals surface area contributed by atoms with Crippen molar-refractivity contribution in [3.8, 4) is 11.4 Å². The van der Waals surface area contributed by atoms with Crippen LogP contribution in [-0.2, 0) is 14.4 Å². The molecule has 1 saturated carbocycles. The summed E-state index contributed by atoms with van der Waals surface area (Å²) in [6.07, 6.45) is 1.55. The SMILES string of the molecule is CC(C)(C)OC(=O)C1CCC[C@]2(C=C(c3cc(-n4cnnc4)ccc3OC(F)(F)F)NO2)[C@@H]1c1ccccc1. The third-order valence-corrected chi connectivity index (χ3v) is 6.82. The van der Waals surface area contributed by atoms with Gasteiger partial charge in [0.2, 0.25) is 0 Å². The topological polar surface area (TPSA) is 87.5 Å². The van der Waals surface area contributed by atoms with Crippen molar-refractivity contribution in [2.75, 3.05) is 0 Å². The van der Waals surface area contributed by atoms with E-state index in [1.165, 1.54) is 30.9 Å². The van der Waals surface area contributed by atoms with Gasteiger partial charge in [-0.05, 0) is 69.9 Å². The lowest BCUT2D eigenvalue weighted by molar-refractivity contribution is -0.274. The van der Waals surface area contributed by atoms with Gasteiger partial charge >= 0.3 is 12.3 Å². The zero-order chi connectivity index (χ0) is 27.8. The number of carbonyl (C=O) groups is 1. The molecule has 8 nitrogen and oxygen atoms in total. The Kier molecular flexibility index (Phi) is 6.88. The molecule has 1 fully saturated rings. The number of ether oxygens (including phenoxy) is 2. The van der Waals surface area contributed by atoms with Gasteiger partial charge < -0.3 is 9.47 Å². The van der Waals surface area contributed by atoms with Gasteiger partial charge in [-0.25, -0.2) is 0 Å². The Morgan fingerprint density at radius 2 is 1.82 bits per heavy atom. The fourth-order valence-electron chi connectivity index (χ4n) is 5.37. The summed E-state index contributed by atoms with van der Waals surface area (Å²) in [5.41, 5.74) is 3.01. The second kappa shape index (κ2) is 10.0. The molecule has 3 atom stereocenters. The molecule has 1 spiro atoms. The lowest BCUT2D eigenvalue weighted by Crippen LogP contribution is -2.47. The predicted octanol–water partition coefficient (Wildman–Crippen LogP) is 5.71. The molecule has 39 heavy (non-hydrogen) atoms. The van der Waals surface area contributed by atoms with Gasteiger partial charge in [-0.2, -0.15) is 0 Å². The molecule has 2 aliphatic rings. The van der Waals surface area contributed by atoms with Gasteiger partial charge in [0.25, 0.3) is 0 Å². The number of alkyl halides is 3. The maximum Gasteiger partial charge on any atom is 0.573 e. The molecule has 0 bridgehead atoms. The van der Waals surface area contributed by atoms with E-state index in [0.717, 1.165) is 5.56 Å². The van der Waals surface area contributed by atoms with Crippen LogP contribution in [0.5, 0.6) is 5.75 Å². The second-order valence-corrected chi connectivity index (χ2v) is 10.7. The minimum Gasteiger partial charge on any atom is -0.460 e. The first-order chi connectivity index (χ1) is 18.4. The molecule has 1 aromatic heterocycles. The van der Waals surface area contributed by atoms with Crippen molar-refractivity contribution >= 4 is 11.7 Å². The molecule has 0 amide bonds. The summed E-state index contributed by atoms with van der Waals surface area (Å²) in [4.78, 5) is 19.6. The van der Waals surface area contributed by atoms with Gasteiger partial charge in [-0.1, -0.05) is 30.3 Å². The number of hydroxylamine groups is 1. The first-order valence-corrected chi connectivity index (χ1v) is 12.6. The summed E-state index contributed by atoms with van der Waals surface area (Å²) in [7, 11) is 0. The summed E-state index contributed by atoms with van der Waals surface area (Å²) in [5, 5.41) is 7.54. The molecule has 206 valence electrons. The molecule has 1 unspecified atom stereocenters. The van der Waals surface area contributed by atoms with Gasteiger partial charge in [0.05, 0.1) is 11.6 Å². The number of hydrogen-bond donors (Lipinski definition) is 1. The molecule has 0 radical (unpaired) electrons. The highest BCUT2D eigenvalue weighted by atomic mass is 19.4. The van der Waals surface area contributed by atoms with Crippen LogP contribution in [0.3, 0.4) is 0 Å². The number of aromatic nitrogens is 3. The molecule has 1 aliphatic heterocycles. The Labute approximate surface area is 223 Å². The van der Waals surface area contributed by atoms with Crippen LogP contribution in [-0.4, -0.2) is 38.3 Å².